The van der Waals surface area contributed by atoms with E-state index in [-0.39, 0.29) is 12.2 Å². The van der Waals surface area contributed by atoms with Crippen molar-refractivity contribution in [2.75, 3.05) is 6.61 Å². The molecule has 0 spiro atoms. The van der Waals surface area contributed by atoms with Gasteiger partial charge in [0.1, 0.15) is 18.4 Å². The van der Waals surface area contributed by atoms with Gasteiger partial charge in [-0.1, -0.05) is 35.6 Å². The van der Waals surface area contributed by atoms with Crippen LogP contribution in [0.3, 0.4) is 0 Å². The van der Waals surface area contributed by atoms with E-state index in [1.807, 2.05) is 53.9 Å². The van der Waals surface area contributed by atoms with Gasteiger partial charge in [0.2, 0.25) is 0 Å². The van der Waals surface area contributed by atoms with E-state index in [2.05, 4.69) is 27.0 Å². The van der Waals surface area contributed by atoms with Crippen molar-refractivity contribution in [3.8, 4) is 11.8 Å². The number of hydrogen-bond donors (Lipinski definition) is 0. The minimum absolute atomic E-state index is 0.219. The second-order valence-electron chi connectivity index (χ2n) is 8.60. The van der Waals surface area contributed by atoms with E-state index in [0.717, 1.165) is 20.5 Å². The summed E-state index contributed by atoms with van der Waals surface area (Å²) in [6.45, 7) is 4.12. The lowest BCUT2D eigenvalue weighted by Crippen LogP contribution is -2.39. The molecule has 2 aromatic carbocycles. The zero-order valence-corrected chi connectivity index (χ0v) is 24.2. The lowest BCUT2D eigenvalue weighted by atomic mass is 10.0. The van der Waals surface area contributed by atoms with E-state index in [9.17, 15) is 9.59 Å². The van der Waals surface area contributed by atoms with Crippen LogP contribution in [0.1, 0.15) is 41.5 Å². The number of ether oxygens (including phenoxy) is 2. The number of nitriles is 1. The van der Waals surface area contributed by atoms with Gasteiger partial charge in [0.15, 0.2) is 4.80 Å². The molecule has 0 bridgehead atoms. The lowest BCUT2D eigenvalue weighted by Gasteiger charge is -2.23. The lowest BCUT2D eigenvalue weighted by molar-refractivity contribution is -0.139. The number of thiophene rings is 1. The molecule has 0 fully saturated rings. The molecule has 39 heavy (non-hydrogen) atoms. The molecule has 0 N–H and O–H groups in total. The number of benzene rings is 2. The van der Waals surface area contributed by atoms with Crippen LogP contribution in [0.5, 0.6) is 5.75 Å². The number of esters is 1. The summed E-state index contributed by atoms with van der Waals surface area (Å²) in [5.41, 5.74) is 3.07. The van der Waals surface area contributed by atoms with E-state index in [4.69, 9.17) is 14.7 Å². The number of carbonyl (C=O) groups excluding carboxylic acids is 1. The van der Waals surface area contributed by atoms with E-state index >= 15 is 0 Å². The number of nitrogens with zero attached hydrogens (tertiary/aromatic N) is 3. The topological polar surface area (TPSA) is 93.7 Å². The Balaban J connectivity index is 1.47. The molecule has 3 heterocycles. The summed E-state index contributed by atoms with van der Waals surface area (Å²) >= 11 is 6.34. The van der Waals surface area contributed by atoms with E-state index < -0.39 is 12.0 Å². The van der Waals surface area contributed by atoms with Crippen LogP contribution in [0.4, 0.5) is 0 Å². The second kappa shape index (κ2) is 11.5. The van der Waals surface area contributed by atoms with Crippen molar-refractivity contribution in [2.24, 2.45) is 4.99 Å². The first-order valence-electron chi connectivity index (χ1n) is 12.0. The highest BCUT2D eigenvalue weighted by Gasteiger charge is 2.33. The number of allylic oxidation sites excluding steroid dienone is 1. The molecule has 1 aliphatic heterocycles. The van der Waals surface area contributed by atoms with Gasteiger partial charge in [0, 0.05) is 4.88 Å². The summed E-state index contributed by atoms with van der Waals surface area (Å²) in [6, 6.07) is 18.2. The highest BCUT2D eigenvalue weighted by atomic mass is 79.9. The predicted molar refractivity (Wildman–Crippen MR) is 154 cm³/mol. The quantitative estimate of drug-likeness (QED) is 0.269. The Morgan fingerprint density at radius 3 is 2.69 bits per heavy atom. The number of fused-ring (bicyclic) bond motifs is 1. The molecule has 1 atom stereocenters. The fourth-order valence-corrected chi connectivity index (χ4v) is 6.60. The standard InChI is InChI=1S/C29H22BrN3O4S2/c1-3-36-28(35)25-17(2)32-29-33(26(25)23-5-4-12-38-23)27(34)24(39-29)14-20-10-11-22(21(30)13-20)37-16-19-8-6-18(15-31)7-9-19/h4-14,26H,3,16H2,1-2H3/b24-14-/t26-/m1/s1. The molecular weight excluding hydrogens is 598 g/mol. The van der Waals surface area contributed by atoms with Crippen LogP contribution in [-0.4, -0.2) is 17.1 Å². The van der Waals surface area contributed by atoms with Gasteiger partial charge >= 0.3 is 5.97 Å². The zero-order valence-electron chi connectivity index (χ0n) is 21.0. The normalized spacial score (nSPS) is 14.9. The Bertz CT molecular complexity index is 1800. The molecule has 4 aromatic rings. The monoisotopic (exact) mass is 619 g/mol. The first-order valence-corrected chi connectivity index (χ1v) is 14.5. The summed E-state index contributed by atoms with van der Waals surface area (Å²) in [6.07, 6.45) is 1.81. The zero-order chi connectivity index (χ0) is 27.5. The maximum atomic E-state index is 13.7. The Hall–Kier alpha value is -3.78. The van der Waals surface area contributed by atoms with Gasteiger partial charge in [-0.2, -0.15) is 5.26 Å². The van der Waals surface area contributed by atoms with Gasteiger partial charge in [-0.05, 0) is 82.7 Å². The maximum absolute atomic E-state index is 13.7. The minimum atomic E-state index is -0.591. The Kier molecular flexibility index (Phi) is 7.93. The van der Waals surface area contributed by atoms with Crippen molar-refractivity contribution in [3.05, 3.63) is 117 Å². The number of halogens is 1. The van der Waals surface area contributed by atoms with E-state index in [1.54, 1.807) is 30.5 Å². The van der Waals surface area contributed by atoms with Crippen molar-refractivity contribution in [3.63, 3.8) is 0 Å². The molecule has 0 aliphatic carbocycles. The van der Waals surface area contributed by atoms with Crippen LogP contribution < -0.4 is 19.6 Å². The van der Waals surface area contributed by atoms with Crippen molar-refractivity contribution < 1.29 is 14.3 Å². The maximum Gasteiger partial charge on any atom is 0.338 e. The molecular formula is C29H22BrN3O4S2. The number of thiazole rings is 1. The number of aromatic nitrogens is 1. The highest BCUT2D eigenvalue weighted by molar-refractivity contribution is 9.10. The van der Waals surface area contributed by atoms with E-state index in [1.165, 1.54) is 22.7 Å². The largest absolute Gasteiger partial charge is 0.488 e. The van der Waals surface area contributed by atoms with Crippen LogP contribution in [0, 0.1) is 11.3 Å². The summed E-state index contributed by atoms with van der Waals surface area (Å²) < 4.78 is 14.1. The van der Waals surface area contributed by atoms with E-state index in [0.29, 0.717) is 38.5 Å². The number of carbonyl (C=O) groups is 1. The van der Waals surface area contributed by atoms with Gasteiger partial charge in [0.05, 0.1) is 38.5 Å². The first-order chi connectivity index (χ1) is 18.9. The molecule has 5 rings (SSSR count). The van der Waals surface area contributed by atoms with Gasteiger partial charge < -0.3 is 9.47 Å². The average Bonchev–Trinajstić information content (AvgIpc) is 3.56. The number of hydrogen-bond acceptors (Lipinski definition) is 8. The Labute approximate surface area is 240 Å². The van der Waals surface area contributed by atoms with Gasteiger partial charge in [0.25, 0.3) is 5.56 Å². The molecule has 0 saturated carbocycles. The van der Waals surface area contributed by atoms with Crippen LogP contribution in [0.15, 0.2) is 85.5 Å². The third kappa shape index (κ3) is 5.52. The molecule has 7 nitrogen and oxygen atoms in total. The fourth-order valence-electron chi connectivity index (χ4n) is 4.22. The summed E-state index contributed by atoms with van der Waals surface area (Å²) in [4.78, 5) is 32.6. The third-order valence-electron chi connectivity index (χ3n) is 6.06. The molecule has 0 amide bonds. The molecule has 0 unspecified atom stereocenters. The number of rotatable bonds is 7. The molecule has 10 heteroatoms. The first kappa shape index (κ1) is 26.8. The summed E-state index contributed by atoms with van der Waals surface area (Å²) in [7, 11) is 0. The Morgan fingerprint density at radius 2 is 2.03 bits per heavy atom. The molecule has 0 radical (unpaired) electrons. The van der Waals surface area contributed by atoms with Crippen molar-refractivity contribution >= 4 is 50.6 Å². The molecule has 0 saturated heterocycles. The SMILES string of the molecule is CCOC(=O)C1=C(C)N=c2s/c(=C\c3ccc(OCc4ccc(C#N)cc4)c(Br)c3)c(=O)n2[C@@H]1c1cccs1. The highest BCUT2D eigenvalue weighted by Crippen LogP contribution is 2.33. The smallest absolute Gasteiger partial charge is 0.338 e. The second-order valence-corrected chi connectivity index (χ2v) is 11.4. The van der Waals surface area contributed by atoms with Crippen LogP contribution in [0.2, 0.25) is 0 Å². The van der Waals surface area contributed by atoms with Gasteiger partial charge in [-0.15, -0.1) is 11.3 Å². The van der Waals surface area contributed by atoms with Crippen molar-refractivity contribution in [1.82, 2.24) is 4.57 Å². The van der Waals surface area contributed by atoms with Crippen LogP contribution in [0.25, 0.3) is 6.08 Å². The third-order valence-corrected chi connectivity index (χ3v) is 8.59. The summed E-state index contributed by atoms with van der Waals surface area (Å²) in [5.74, 6) is 0.192. The Morgan fingerprint density at radius 1 is 1.23 bits per heavy atom. The summed E-state index contributed by atoms with van der Waals surface area (Å²) in [5, 5.41) is 10.9. The van der Waals surface area contributed by atoms with Crippen LogP contribution in [-0.2, 0) is 16.1 Å². The van der Waals surface area contributed by atoms with Crippen molar-refractivity contribution in [1.29, 1.82) is 5.26 Å². The molecule has 196 valence electrons. The predicted octanol–water partition coefficient (Wildman–Crippen LogP) is 5.07. The average molecular weight is 621 g/mol. The molecule has 1 aliphatic rings. The van der Waals surface area contributed by atoms with Crippen LogP contribution >= 0.6 is 38.6 Å². The van der Waals surface area contributed by atoms with Gasteiger partial charge in [-0.3, -0.25) is 9.36 Å². The minimum Gasteiger partial charge on any atom is -0.488 e. The fraction of sp³-hybridized carbons (Fsp3) is 0.172. The van der Waals surface area contributed by atoms with Gasteiger partial charge in [-0.25, -0.2) is 9.79 Å². The van der Waals surface area contributed by atoms with Crippen molar-refractivity contribution in [2.45, 2.75) is 26.5 Å². The molecule has 2 aromatic heterocycles.